The van der Waals surface area contributed by atoms with E-state index in [1.54, 1.807) is 7.11 Å². The van der Waals surface area contributed by atoms with Crippen molar-refractivity contribution in [2.24, 2.45) is 5.73 Å². The molecule has 0 heterocycles. The van der Waals surface area contributed by atoms with Gasteiger partial charge in [0.1, 0.15) is 11.2 Å². The van der Waals surface area contributed by atoms with Gasteiger partial charge in [-0.1, -0.05) is 11.8 Å². The number of benzene rings is 1. The third kappa shape index (κ3) is 2.90. The summed E-state index contributed by atoms with van der Waals surface area (Å²) in [5, 5.41) is 9.37. The van der Waals surface area contributed by atoms with Crippen molar-refractivity contribution in [2.75, 3.05) is 13.7 Å². The zero-order valence-corrected chi connectivity index (χ0v) is 9.17. The number of thioether (sulfide) groups is 1. The van der Waals surface area contributed by atoms with Gasteiger partial charge in [-0.05, 0) is 30.7 Å². The molecule has 0 radical (unpaired) electrons. The highest BCUT2D eigenvalue weighted by atomic mass is 32.2. The maximum atomic E-state index is 9.37. The molecule has 0 spiro atoms. The first-order chi connectivity index (χ1) is 6.67. The molecule has 0 aliphatic rings. The van der Waals surface area contributed by atoms with Crippen molar-refractivity contribution in [3.05, 3.63) is 23.8 Å². The summed E-state index contributed by atoms with van der Waals surface area (Å²) in [6.07, 6.45) is 0. The Hall–Kier alpha value is -0.710. The summed E-state index contributed by atoms with van der Waals surface area (Å²) < 4.78 is 5.08. The zero-order valence-electron chi connectivity index (χ0n) is 8.36. The van der Waals surface area contributed by atoms with Crippen LogP contribution in [0.5, 0.6) is 5.75 Å². The Labute approximate surface area is 88.3 Å². The SMILES string of the molecule is COc1ccc(SC(O)CN)c(C)c1. The molecule has 0 fully saturated rings. The maximum absolute atomic E-state index is 9.37. The van der Waals surface area contributed by atoms with Gasteiger partial charge in [0.2, 0.25) is 0 Å². The van der Waals surface area contributed by atoms with Gasteiger partial charge in [-0.15, -0.1) is 0 Å². The standard InChI is InChI=1S/C10H15NO2S/c1-7-5-8(13-2)3-4-9(7)14-10(12)6-11/h3-5,10,12H,6,11H2,1-2H3. The predicted molar refractivity (Wildman–Crippen MR) is 58.6 cm³/mol. The Kier molecular flexibility index (Phi) is 4.25. The number of hydrogen-bond acceptors (Lipinski definition) is 4. The molecule has 0 aliphatic carbocycles. The minimum absolute atomic E-state index is 0.260. The molecule has 4 heteroatoms. The minimum atomic E-state index is -0.540. The van der Waals surface area contributed by atoms with Crippen molar-refractivity contribution in [3.63, 3.8) is 0 Å². The molecule has 0 saturated heterocycles. The Bertz CT molecular complexity index is 304. The highest BCUT2D eigenvalue weighted by molar-refractivity contribution is 7.99. The van der Waals surface area contributed by atoms with Crippen molar-refractivity contribution in [1.29, 1.82) is 0 Å². The quantitative estimate of drug-likeness (QED) is 0.586. The molecular formula is C10H15NO2S. The molecule has 0 amide bonds. The molecule has 0 saturated carbocycles. The number of aliphatic hydroxyl groups excluding tert-OH is 1. The van der Waals surface area contributed by atoms with Crippen molar-refractivity contribution in [1.82, 2.24) is 0 Å². The predicted octanol–water partition coefficient (Wildman–Crippen LogP) is 1.37. The fourth-order valence-electron chi connectivity index (χ4n) is 1.08. The van der Waals surface area contributed by atoms with Gasteiger partial charge in [-0.3, -0.25) is 0 Å². The summed E-state index contributed by atoms with van der Waals surface area (Å²) in [6.45, 7) is 2.24. The number of aryl methyl sites for hydroxylation is 1. The van der Waals surface area contributed by atoms with E-state index in [2.05, 4.69) is 0 Å². The van der Waals surface area contributed by atoms with Crippen LogP contribution in [-0.2, 0) is 0 Å². The average molecular weight is 213 g/mol. The van der Waals surface area contributed by atoms with Crippen LogP contribution < -0.4 is 10.5 Å². The summed E-state index contributed by atoms with van der Waals surface area (Å²) in [6, 6.07) is 5.74. The van der Waals surface area contributed by atoms with E-state index < -0.39 is 5.44 Å². The van der Waals surface area contributed by atoms with Gasteiger partial charge in [-0.25, -0.2) is 0 Å². The molecule has 78 valence electrons. The first-order valence-electron chi connectivity index (χ1n) is 4.36. The van der Waals surface area contributed by atoms with E-state index in [1.807, 2.05) is 25.1 Å². The van der Waals surface area contributed by atoms with Crippen LogP contribution in [-0.4, -0.2) is 24.2 Å². The Morgan fingerprint density at radius 1 is 1.57 bits per heavy atom. The van der Waals surface area contributed by atoms with Gasteiger partial charge >= 0.3 is 0 Å². The normalized spacial score (nSPS) is 12.6. The average Bonchev–Trinajstić information content (AvgIpc) is 2.20. The lowest BCUT2D eigenvalue weighted by molar-refractivity contribution is 0.271. The first-order valence-corrected chi connectivity index (χ1v) is 5.24. The second kappa shape index (κ2) is 5.24. The van der Waals surface area contributed by atoms with Gasteiger partial charge in [-0.2, -0.15) is 0 Å². The van der Waals surface area contributed by atoms with Gasteiger partial charge < -0.3 is 15.6 Å². The lowest BCUT2D eigenvalue weighted by atomic mass is 10.2. The monoisotopic (exact) mass is 213 g/mol. The summed E-state index contributed by atoms with van der Waals surface area (Å²) in [4.78, 5) is 1.03. The molecule has 3 N–H and O–H groups in total. The van der Waals surface area contributed by atoms with Crippen LogP contribution in [0.25, 0.3) is 0 Å². The molecule has 0 bridgehead atoms. The van der Waals surface area contributed by atoms with Crippen molar-refractivity contribution in [2.45, 2.75) is 17.3 Å². The first kappa shape index (κ1) is 11.4. The lowest BCUT2D eigenvalue weighted by Gasteiger charge is -2.10. The van der Waals surface area contributed by atoms with Crippen LogP contribution in [0, 0.1) is 6.92 Å². The fraction of sp³-hybridized carbons (Fsp3) is 0.400. The van der Waals surface area contributed by atoms with E-state index in [-0.39, 0.29) is 6.54 Å². The third-order valence-electron chi connectivity index (χ3n) is 1.85. The number of methoxy groups -OCH3 is 1. The van der Waals surface area contributed by atoms with E-state index >= 15 is 0 Å². The van der Waals surface area contributed by atoms with Crippen molar-refractivity contribution >= 4 is 11.8 Å². The smallest absolute Gasteiger partial charge is 0.119 e. The van der Waals surface area contributed by atoms with E-state index in [1.165, 1.54) is 11.8 Å². The van der Waals surface area contributed by atoms with Crippen LogP contribution in [0.2, 0.25) is 0 Å². The van der Waals surface area contributed by atoms with E-state index in [0.717, 1.165) is 16.2 Å². The van der Waals surface area contributed by atoms with Crippen LogP contribution in [0.3, 0.4) is 0 Å². The van der Waals surface area contributed by atoms with E-state index in [4.69, 9.17) is 10.5 Å². The Morgan fingerprint density at radius 2 is 2.29 bits per heavy atom. The molecular weight excluding hydrogens is 198 g/mol. The number of aliphatic hydroxyl groups is 1. The number of nitrogens with two attached hydrogens (primary N) is 1. The maximum Gasteiger partial charge on any atom is 0.119 e. The molecule has 14 heavy (non-hydrogen) atoms. The Morgan fingerprint density at radius 3 is 2.79 bits per heavy atom. The van der Waals surface area contributed by atoms with Gasteiger partial charge in [0, 0.05) is 11.4 Å². The second-order valence-corrected chi connectivity index (χ2v) is 4.16. The van der Waals surface area contributed by atoms with Crippen LogP contribution in [0.4, 0.5) is 0 Å². The summed E-state index contributed by atoms with van der Waals surface area (Å²) in [7, 11) is 1.64. The van der Waals surface area contributed by atoms with Gasteiger partial charge in [0.05, 0.1) is 7.11 Å². The number of hydrogen-bond donors (Lipinski definition) is 2. The zero-order chi connectivity index (χ0) is 10.6. The van der Waals surface area contributed by atoms with Crippen LogP contribution in [0.15, 0.2) is 23.1 Å². The summed E-state index contributed by atoms with van der Waals surface area (Å²) in [5.74, 6) is 0.828. The summed E-state index contributed by atoms with van der Waals surface area (Å²) in [5.41, 5.74) is 5.88. The highest BCUT2D eigenvalue weighted by Gasteiger charge is 2.06. The molecule has 1 aromatic rings. The molecule has 3 nitrogen and oxygen atoms in total. The molecule has 1 atom stereocenters. The summed E-state index contributed by atoms with van der Waals surface area (Å²) >= 11 is 1.36. The molecule has 1 unspecified atom stereocenters. The molecule has 1 aromatic carbocycles. The highest BCUT2D eigenvalue weighted by Crippen LogP contribution is 2.27. The van der Waals surface area contributed by atoms with Gasteiger partial charge in [0.15, 0.2) is 0 Å². The van der Waals surface area contributed by atoms with Crippen LogP contribution >= 0.6 is 11.8 Å². The topological polar surface area (TPSA) is 55.5 Å². The van der Waals surface area contributed by atoms with Gasteiger partial charge in [0.25, 0.3) is 0 Å². The van der Waals surface area contributed by atoms with E-state index in [9.17, 15) is 5.11 Å². The molecule has 0 aromatic heterocycles. The number of ether oxygens (including phenoxy) is 1. The fourth-order valence-corrected chi connectivity index (χ4v) is 1.86. The van der Waals surface area contributed by atoms with Crippen molar-refractivity contribution < 1.29 is 9.84 Å². The molecule has 1 rings (SSSR count). The Balaban J connectivity index is 2.78. The lowest BCUT2D eigenvalue weighted by Crippen LogP contribution is -2.15. The van der Waals surface area contributed by atoms with E-state index in [0.29, 0.717) is 0 Å². The van der Waals surface area contributed by atoms with Crippen LogP contribution in [0.1, 0.15) is 5.56 Å². The minimum Gasteiger partial charge on any atom is -0.497 e. The largest absolute Gasteiger partial charge is 0.497 e. The molecule has 0 aliphatic heterocycles. The third-order valence-corrected chi connectivity index (χ3v) is 3.02. The number of rotatable bonds is 4. The second-order valence-electron chi connectivity index (χ2n) is 2.94. The van der Waals surface area contributed by atoms with Crippen molar-refractivity contribution in [3.8, 4) is 5.75 Å².